The molecule has 0 aliphatic carbocycles. The van der Waals surface area contributed by atoms with Gasteiger partial charge in [-0.25, -0.2) is 9.13 Å². The molecule has 3 rings (SSSR count). The van der Waals surface area contributed by atoms with Crippen molar-refractivity contribution in [3.63, 3.8) is 0 Å². The predicted molar refractivity (Wildman–Crippen MR) is 133 cm³/mol. The molecule has 0 fully saturated rings. The Bertz CT molecular complexity index is 1250. The SMILES string of the molecule is CC(=O)Nc1ccc(N(O)C(=O)Cn2cc[n+](CC(=O)N(O)c3ccc(NC(C)=O)cc3N)c2)c(N)c1. The molecule has 194 valence electrons. The van der Waals surface area contributed by atoms with Gasteiger partial charge in [0.2, 0.25) is 18.1 Å². The first-order chi connectivity index (χ1) is 17.4. The van der Waals surface area contributed by atoms with Crippen molar-refractivity contribution in [1.82, 2.24) is 4.57 Å². The van der Waals surface area contributed by atoms with Crippen LogP contribution in [0.5, 0.6) is 0 Å². The minimum Gasteiger partial charge on any atom is -0.397 e. The van der Waals surface area contributed by atoms with Crippen molar-refractivity contribution in [1.29, 1.82) is 0 Å². The van der Waals surface area contributed by atoms with Crippen molar-refractivity contribution in [3.8, 4) is 0 Å². The number of amides is 4. The molecule has 0 spiro atoms. The summed E-state index contributed by atoms with van der Waals surface area (Å²) < 4.78 is 2.83. The summed E-state index contributed by atoms with van der Waals surface area (Å²) in [6.45, 7) is 2.10. The summed E-state index contributed by atoms with van der Waals surface area (Å²) in [6.07, 6.45) is 4.44. The quantitative estimate of drug-likeness (QED) is 0.110. The van der Waals surface area contributed by atoms with E-state index < -0.39 is 11.8 Å². The molecule has 0 aliphatic rings. The lowest BCUT2D eigenvalue weighted by Gasteiger charge is -2.17. The number of carbonyl (C=O) groups excluding carboxylic acids is 4. The number of benzene rings is 2. The summed E-state index contributed by atoms with van der Waals surface area (Å²) in [4.78, 5) is 47.4. The highest BCUT2D eigenvalue weighted by molar-refractivity contribution is 5.96. The van der Waals surface area contributed by atoms with Crippen molar-refractivity contribution in [3.05, 3.63) is 55.1 Å². The standard InChI is InChI=1S/C23H26N8O6/c1-14(32)26-16-3-5-20(18(24)9-16)30(36)22(34)11-28-7-8-29(13-28)12-23(35)31(37)21-6-4-17(10-19(21)25)27-15(2)33/h3-10,13,36-37H,11-12,24-25H2,1-2H3,(H-,26,27,32,33)/p+1. The second-order valence-electron chi connectivity index (χ2n) is 8.08. The van der Waals surface area contributed by atoms with E-state index in [1.807, 2.05) is 0 Å². The lowest BCUT2D eigenvalue weighted by molar-refractivity contribution is -0.683. The Hall–Kier alpha value is -4.95. The number of nitrogens with two attached hydrogens (primary N) is 2. The Balaban J connectivity index is 1.62. The number of nitrogens with one attached hydrogen (secondary N) is 2. The molecular weight excluding hydrogens is 484 g/mol. The zero-order valence-corrected chi connectivity index (χ0v) is 20.1. The second kappa shape index (κ2) is 11.2. The topological polar surface area (TPSA) is 200 Å². The van der Waals surface area contributed by atoms with Gasteiger partial charge in [0, 0.05) is 25.2 Å². The van der Waals surface area contributed by atoms with Crippen LogP contribution in [0.25, 0.3) is 0 Å². The van der Waals surface area contributed by atoms with E-state index in [9.17, 15) is 29.6 Å². The van der Waals surface area contributed by atoms with E-state index in [4.69, 9.17) is 11.5 Å². The first-order valence-electron chi connectivity index (χ1n) is 10.9. The number of anilines is 6. The summed E-state index contributed by atoms with van der Waals surface area (Å²) in [5.74, 6) is -2.03. The lowest BCUT2D eigenvalue weighted by Crippen LogP contribution is -2.43. The van der Waals surface area contributed by atoms with Crippen LogP contribution >= 0.6 is 0 Å². The molecule has 0 saturated heterocycles. The van der Waals surface area contributed by atoms with Crippen LogP contribution in [0.1, 0.15) is 13.8 Å². The Morgan fingerprint density at radius 2 is 1.35 bits per heavy atom. The van der Waals surface area contributed by atoms with Crippen LogP contribution in [0.15, 0.2) is 55.1 Å². The van der Waals surface area contributed by atoms with Crippen LogP contribution in [0.3, 0.4) is 0 Å². The summed E-state index contributed by atoms with van der Waals surface area (Å²) in [5.41, 5.74) is 12.8. The number of carbonyl (C=O) groups is 4. The highest BCUT2D eigenvalue weighted by atomic mass is 16.5. The maximum atomic E-state index is 12.5. The first kappa shape index (κ1) is 26.7. The average Bonchev–Trinajstić information content (AvgIpc) is 3.24. The summed E-state index contributed by atoms with van der Waals surface area (Å²) in [7, 11) is 0. The van der Waals surface area contributed by atoms with Crippen molar-refractivity contribution in [2.24, 2.45) is 0 Å². The van der Waals surface area contributed by atoms with Crippen molar-refractivity contribution >= 4 is 57.8 Å². The van der Waals surface area contributed by atoms with Crippen LogP contribution in [-0.4, -0.2) is 38.6 Å². The molecule has 0 unspecified atom stereocenters. The molecule has 4 amide bonds. The van der Waals surface area contributed by atoms with Gasteiger partial charge in [-0.2, -0.15) is 10.1 Å². The number of hydroxylamine groups is 2. The molecule has 1 heterocycles. The molecule has 8 N–H and O–H groups in total. The van der Waals surface area contributed by atoms with Gasteiger partial charge in [-0.05, 0) is 36.4 Å². The molecule has 0 atom stereocenters. The molecule has 14 nitrogen and oxygen atoms in total. The second-order valence-corrected chi connectivity index (χ2v) is 8.08. The average molecular weight is 512 g/mol. The minimum absolute atomic E-state index is 0.0346. The van der Waals surface area contributed by atoms with Gasteiger partial charge in [0.25, 0.3) is 11.8 Å². The summed E-state index contributed by atoms with van der Waals surface area (Å²) in [5, 5.41) is 26.5. The molecule has 0 saturated carbocycles. The van der Waals surface area contributed by atoms with Gasteiger partial charge in [-0.1, -0.05) is 0 Å². The van der Waals surface area contributed by atoms with Crippen LogP contribution in [-0.2, 0) is 32.3 Å². The largest absolute Gasteiger partial charge is 0.397 e. The maximum absolute atomic E-state index is 12.5. The van der Waals surface area contributed by atoms with E-state index in [2.05, 4.69) is 10.6 Å². The Labute approximate surface area is 211 Å². The van der Waals surface area contributed by atoms with E-state index in [1.165, 1.54) is 78.1 Å². The Morgan fingerprint density at radius 1 is 0.865 bits per heavy atom. The highest BCUT2D eigenvalue weighted by Crippen LogP contribution is 2.27. The zero-order chi connectivity index (χ0) is 27.3. The molecule has 3 aromatic rings. The summed E-state index contributed by atoms with van der Waals surface area (Å²) in [6, 6.07) is 8.56. The van der Waals surface area contributed by atoms with Gasteiger partial charge < -0.3 is 22.1 Å². The third-order valence-electron chi connectivity index (χ3n) is 5.01. The van der Waals surface area contributed by atoms with E-state index in [0.29, 0.717) is 21.5 Å². The van der Waals surface area contributed by atoms with E-state index in [-0.39, 0.29) is 47.7 Å². The number of nitrogen functional groups attached to an aromatic ring is 2. The predicted octanol–water partition coefficient (Wildman–Crippen LogP) is 0.702. The van der Waals surface area contributed by atoms with Crippen LogP contribution in [0.2, 0.25) is 0 Å². The number of imidazole rings is 1. The summed E-state index contributed by atoms with van der Waals surface area (Å²) >= 11 is 0. The van der Waals surface area contributed by atoms with E-state index in [1.54, 1.807) is 0 Å². The highest BCUT2D eigenvalue weighted by Gasteiger charge is 2.22. The smallest absolute Gasteiger partial charge is 0.292 e. The van der Waals surface area contributed by atoms with Gasteiger partial charge in [-0.3, -0.25) is 29.6 Å². The van der Waals surface area contributed by atoms with Gasteiger partial charge >= 0.3 is 0 Å². The third-order valence-corrected chi connectivity index (χ3v) is 5.01. The number of aromatic nitrogens is 2. The number of hydrogen-bond acceptors (Lipinski definition) is 8. The van der Waals surface area contributed by atoms with E-state index >= 15 is 0 Å². The van der Waals surface area contributed by atoms with Gasteiger partial charge in [0.1, 0.15) is 12.4 Å². The zero-order valence-electron chi connectivity index (χ0n) is 20.1. The monoisotopic (exact) mass is 511 g/mol. The molecular formula is C23H27N8O6+. The van der Waals surface area contributed by atoms with Gasteiger partial charge in [0.05, 0.1) is 22.7 Å². The molecule has 37 heavy (non-hydrogen) atoms. The van der Waals surface area contributed by atoms with Crippen LogP contribution in [0, 0.1) is 0 Å². The molecule has 0 bridgehead atoms. The lowest BCUT2D eigenvalue weighted by atomic mass is 10.2. The minimum atomic E-state index is -0.719. The maximum Gasteiger partial charge on any atom is 0.292 e. The van der Waals surface area contributed by atoms with Crippen molar-refractivity contribution < 1.29 is 34.2 Å². The molecule has 2 aromatic carbocycles. The number of rotatable bonds is 8. The van der Waals surface area contributed by atoms with E-state index in [0.717, 1.165) is 0 Å². The molecule has 1 aromatic heterocycles. The molecule has 0 aliphatic heterocycles. The number of hydrogen-bond donors (Lipinski definition) is 6. The normalized spacial score (nSPS) is 10.5. The van der Waals surface area contributed by atoms with Crippen molar-refractivity contribution in [2.75, 3.05) is 32.2 Å². The Kier molecular flexibility index (Phi) is 8.06. The molecule has 0 radical (unpaired) electrons. The van der Waals surface area contributed by atoms with Gasteiger partial charge in [-0.15, -0.1) is 0 Å². The Morgan fingerprint density at radius 3 is 1.81 bits per heavy atom. The fraction of sp³-hybridized carbons (Fsp3) is 0.174. The van der Waals surface area contributed by atoms with Crippen LogP contribution < -0.4 is 36.8 Å². The fourth-order valence-corrected chi connectivity index (χ4v) is 3.40. The van der Waals surface area contributed by atoms with Crippen molar-refractivity contribution in [2.45, 2.75) is 26.9 Å². The fourth-order valence-electron chi connectivity index (χ4n) is 3.40. The van der Waals surface area contributed by atoms with Crippen LogP contribution in [0.4, 0.5) is 34.1 Å². The number of nitrogens with zero attached hydrogens (tertiary/aromatic N) is 4. The third kappa shape index (κ3) is 6.81. The first-order valence-corrected chi connectivity index (χ1v) is 10.9. The molecule has 14 heteroatoms. The van der Waals surface area contributed by atoms with Gasteiger partial charge in [0.15, 0.2) is 13.1 Å².